The third kappa shape index (κ3) is 10.5. The van der Waals surface area contributed by atoms with Gasteiger partial charge in [-0.15, -0.1) is 0 Å². The molecular weight excluding hydrogens is 1290 g/mol. The van der Waals surface area contributed by atoms with Crippen LogP contribution >= 0.6 is 0 Å². The summed E-state index contributed by atoms with van der Waals surface area (Å²) in [4.78, 5) is 5.27. The van der Waals surface area contributed by atoms with E-state index in [-0.39, 0.29) is 17.5 Å². The van der Waals surface area contributed by atoms with Crippen molar-refractivity contribution in [3.8, 4) is 27.9 Å². The van der Waals surface area contributed by atoms with E-state index in [2.05, 4.69) is 432 Å². The van der Waals surface area contributed by atoms with Crippen LogP contribution < -0.4 is 67.7 Å². The number of anilines is 6. The Kier molecular flexibility index (Phi) is 15.8. The van der Waals surface area contributed by atoms with Gasteiger partial charge in [-0.3, -0.25) is 0 Å². The number of hydrogen-bond acceptors (Lipinski definition) is 2. The Bertz CT molecular complexity index is 5590. The Morgan fingerprint density at radius 2 is 0.596 bits per heavy atom. The van der Waals surface area contributed by atoms with Gasteiger partial charge < -0.3 is 14.4 Å². The number of rotatable bonds is 13. The summed E-state index contributed by atoms with van der Waals surface area (Å²) >= 11 is 0. The maximum absolute atomic E-state index is 3.15. The van der Waals surface area contributed by atoms with E-state index in [4.69, 9.17) is 0 Å². The minimum Gasteiger partial charge on any atom is -0.311 e. The Morgan fingerprint density at radius 3 is 1.02 bits per heavy atom. The van der Waals surface area contributed by atoms with Crippen LogP contribution in [0.15, 0.2) is 376 Å². The Morgan fingerprint density at radius 1 is 0.250 bits per heavy atom. The van der Waals surface area contributed by atoms with Gasteiger partial charge in [-0.1, -0.05) is 357 Å². The molecule has 6 heteroatoms. The minimum atomic E-state index is -3.15. The maximum atomic E-state index is 2.69. The highest BCUT2D eigenvalue weighted by Crippen LogP contribution is 2.48. The lowest BCUT2D eigenvalue weighted by molar-refractivity contribution is 0.590. The standard InChI is InChI=1S/C98H80BN3Si2/c1-97(2,3)72-54-48-69(49-55-72)70-52-58-74(59-53-70)101-92-47-29-44-85(71-50-56-73(57-51-71)98(4,5)6)95(92)99-88-68-84(104(80-36-19-10-20-37-80,81-38-21-11-22-39-81)82-40-23-12-24-41-82)64-65-91(88)100(93-66-76(67-94(101)96(93)99)102-89-45-27-25-42-86(89)87-43-26-28-46-90(87)102)75-60-62-83(63-61-75)103(77-30-13-7-14-31-77,78-32-15-8-16-33-78)79-34-17-9-18-35-79/h7-68H,1-6H3. The first-order valence-corrected chi connectivity index (χ1v) is 40.7. The maximum Gasteiger partial charge on any atom is 0.252 e. The van der Waals surface area contributed by atoms with Crippen molar-refractivity contribution < 1.29 is 0 Å². The molecule has 0 bridgehead atoms. The highest BCUT2D eigenvalue weighted by molar-refractivity contribution is 7.20. The summed E-state index contributed by atoms with van der Waals surface area (Å²) < 4.78 is 2.53. The largest absolute Gasteiger partial charge is 0.311 e. The van der Waals surface area contributed by atoms with Crippen molar-refractivity contribution in [2.75, 3.05) is 9.80 Å². The van der Waals surface area contributed by atoms with E-state index in [1.54, 1.807) is 0 Å². The first-order valence-electron chi connectivity index (χ1n) is 36.7. The first-order chi connectivity index (χ1) is 50.9. The van der Waals surface area contributed by atoms with Gasteiger partial charge in [0.2, 0.25) is 0 Å². The second kappa shape index (κ2) is 25.6. The lowest BCUT2D eigenvalue weighted by atomic mass is 9.32. The van der Waals surface area contributed by atoms with Gasteiger partial charge in [0.15, 0.2) is 16.1 Å². The second-order valence-electron chi connectivity index (χ2n) is 30.3. The Hall–Kier alpha value is -11.8. The van der Waals surface area contributed by atoms with Crippen LogP contribution in [0.4, 0.5) is 34.1 Å². The van der Waals surface area contributed by atoms with Crippen LogP contribution in [0.5, 0.6) is 0 Å². The molecule has 0 spiro atoms. The van der Waals surface area contributed by atoms with E-state index in [0.717, 1.165) is 50.8 Å². The highest BCUT2D eigenvalue weighted by Gasteiger charge is 2.49. The molecule has 104 heavy (non-hydrogen) atoms. The molecule has 0 radical (unpaired) electrons. The van der Waals surface area contributed by atoms with Crippen LogP contribution in [-0.2, 0) is 10.8 Å². The molecule has 0 saturated carbocycles. The molecule has 0 saturated heterocycles. The molecule has 0 amide bonds. The topological polar surface area (TPSA) is 11.4 Å². The number of hydrogen-bond donors (Lipinski definition) is 0. The predicted octanol–water partition coefficient (Wildman–Crippen LogP) is 17.6. The SMILES string of the molecule is CC(C)(C)c1ccc(-c2ccc(N3c4cccc(-c5ccc(C(C)(C)C)cc5)c4B4c5cc([Si](c6ccccc6)(c6ccccc6)c6ccccc6)ccc5N(c5ccc([Si](c6ccccc6)(c6ccccc6)c6ccccc6)cc5)c5cc(-n6c7ccccc7c7ccccc76)cc3c54)cc2)cc1. The quantitative estimate of drug-likeness (QED) is 0.0842. The van der Waals surface area contributed by atoms with Gasteiger partial charge >= 0.3 is 0 Å². The average molecular weight is 1370 g/mol. The summed E-state index contributed by atoms with van der Waals surface area (Å²) in [5.41, 5.74) is 21.4. The summed E-state index contributed by atoms with van der Waals surface area (Å²) in [6.45, 7) is 13.6. The van der Waals surface area contributed by atoms with Crippen molar-refractivity contribution >= 4 is 137 Å². The lowest BCUT2D eigenvalue weighted by Crippen LogP contribution is -2.75. The smallest absolute Gasteiger partial charge is 0.252 e. The molecule has 0 aliphatic carbocycles. The van der Waals surface area contributed by atoms with Gasteiger partial charge in [-0.2, -0.15) is 0 Å². The summed E-state index contributed by atoms with van der Waals surface area (Å²) in [6.07, 6.45) is 0. The van der Waals surface area contributed by atoms with Crippen LogP contribution in [0.2, 0.25) is 0 Å². The molecule has 15 aromatic carbocycles. The van der Waals surface area contributed by atoms with E-state index < -0.39 is 16.1 Å². The van der Waals surface area contributed by atoms with Crippen molar-refractivity contribution in [3.63, 3.8) is 0 Å². The molecular formula is C98H80BN3Si2. The van der Waals surface area contributed by atoms with Crippen LogP contribution in [0, 0.1) is 0 Å². The zero-order chi connectivity index (χ0) is 70.3. The van der Waals surface area contributed by atoms with Gasteiger partial charge in [0, 0.05) is 44.9 Å². The molecule has 0 fully saturated rings. The fourth-order valence-electron chi connectivity index (χ4n) is 17.5. The molecule has 0 unspecified atom stereocenters. The van der Waals surface area contributed by atoms with Gasteiger partial charge in [0.1, 0.15) is 0 Å². The number of nitrogens with zero attached hydrogens (tertiary/aromatic N) is 3. The van der Waals surface area contributed by atoms with Crippen LogP contribution in [-0.4, -0.2) is 27.4 Å². The van der Waals surface area contributed by atoms with E-state index in [0.29, 0.717) is 0 Å². The number of fused-ring (bicyclic) bond motifs is 7. The lowest BCUT2D eigenvalue weighted by Gasteiger charge is -2.46. The fraction of sp³-hybridized carbons (Fsp3) is 0.0816. The minimum absolute atomic E-state index is 0.0322. The molecule has 16 aromatic rings. The third-order valence-electron chi connectivity index (χ3n) is 22.4. The van der Waals surface area contributed by atoms with E-state index in [1.165, 1.54) is 102 Å². The highest BCUT2D eigenvalue weighted by atomic mass is 28.3. The van der Waals surface area contributed by atoms with Gasteiger partial charge in [0.05, 0.1) is 16.7 Å². The van der Waals surface area contributed by atoms with Crippen LogP contribution in [0.25, 0.3) is 49.7 Å². The predicted molar refractivity (Wildman–Crippen MR) is 450 cm³/mol. The Labute approximate surface area is 614 Å². The molecule has 0 atom stereocenters. The van der Waals surface area contributed by atoms with E-state index >= 15 is 0 Å². The molecule has 498 valence electrons. The van der Waals surface area contributed by atoms with Crippen LogP contribution in [0.1, 0.15) is 52.7 Å². The van der Waals surface area contributed by atoms with Gasteiger partial charge in [-0.05, 0) is 163 Å². The molecule has 2 aliphatic rings. The monoisotopic (exact) mass is 1370 g/mol. The summed E-state index contributed by atoms with van der Waals surface area (Å²) in [5, 5.41) is 13.1. The van der Waals surface area contributed by atoms with E-state index in [1.807, 2.05) is 0 Å². The van der Waals surface area contributed by atoms with Crippen molar-refractivity contribution in [3.05, 3.63) is 387 Å². The molecule has 3 heterocycles. The second-order valence-corrected chi connectivity index (χ2v) is 37.9. The normalized spacial score (nSPS) is 12.8. The summed E-state index contributed by atoms with van der Waals surface area (Å²) in [5.74, 6) is 0. The number of aromatic nitrogens is 1. The zero-order valence-electron chi connectivity index (χ0n) is 59.7. The Balaban J connectivity index is 0.970. The number of benzene rings is 15. The molecule has 1 aromatic heterocycles. The third-order valence-corrected chi connectivity index (χ3v) is 32.0. The van der Waals surface area contributed by atoms with Crippen molar-refractivity contribution in [2.45, 2.75) is 52.4 Å². The van der Waals surface area contributed by atoms with E-state index in [9.17, 15) is 0 Å². The van der Waals surface area contributed by atoms with Gasteiger partial charge in [0.25, 0.3) is 6.71 Å². The van der Waals surface area contributed by atoms with Crippen molar-refractivity contribution in [1.82, 2.24) is 4.57 Å². The van der Waals surface area contributed by atoms with Gasteiger partial charge in [-0.25, -0.2) is 0 Å². The molecule has 18 rings (SSSR count). The van der Waals surface area contributed by atoms with Crippen LogP contribution in [0.3, 0.4) is 0 Å². The van der Waals surface area contributed by atoms with Crippen molar-refractivity contribution in [2.24, 2.45) is 0 Å². The average Bonchev–Trinajstić information content (AvgIpc) is 0.731. The molecule has 3 nitrogen and oxygen atoms in total. The summed E-state index contributed by atoms with van der Waals surface area (Å²) in [6, 6.07) is 144. The molecule has 0 N–H and O–H groups in total. The molecule has 2 aliphatic heterocycles. The first kappa shape index (κ1) is 64.3. The van der Waals surface area contributed by atoms with Crippen molar-refractivity contribution in [1.29, 1.82) is 0 Å². The fourth-order valence-corrected chi connectivity index (χ4v) is 27.0. The number of para-hydroxylation sites is 2. The zero-order valence-corrected chi connectivity index (χ0v) is 61.7. The summed E-state index contributed by atoms with van der Waals surface area (Å²) in [7, 11) is -6.10.